The second-order valence-corrected chi connectivity index (χ2v) is 4.58. The molecule has 1 aromatic rings. The molecule has 0 aromatic heterocycles. The second kappa shape index (κ2) is 5.69. The average molecular weight is 219 g/mol. The van der Waals surface area contributed by atoms with E-state index in [-0.39, 0.29) is 11.8 Å². The Kier molecular flexibility index (Phi) is 4.53. The molecule has 0 spiro atoms. The predicted molar refractivity (Wildman–Crippen MR) is 68.6 cm³/mol. The van der Waals surface area contributed by atoms with E-state index in [2.05, 4.69) is 31.3 Å². The minimum atomic E-state index is 0.0224. The summed E-state index contributed by atoms with van der Waals surface area (Å²) in [5, 5.41) is 2.89. The summed E-state index contributed by atoms with van der Waals surface area (Å²) in [7, 11) is 0. The fourth-order valence-corrected chi connectivity index (χ4v) is 1.42. The Bertz CT molecular complexity index is 340. The smallest absolute Gasteiger partial charge is 0.226 e. The van der Waals surface area contributed by atoms with Gasteiger partial charge in [0.1, 0.15) is 0 Å². The monoisotopic (exact) mass is 219 g/mol. The lowest BCUT2D eigenvalue weighted by molar-refractivity contribution is -0.118. The molecule has 2 heteroatoms. The molecule has 0 aliphatic heterocycles. The third kappa shape index (κ3) is 3.37. The van der Waals surface area contributed by atoms with E-state index in [9.17, 15) is 4.79 Å². The van der Waals surface area contributed by atoms with Crippen molar-refractivity contribution in [2.24, 2.45) is 5.92 Å². The van der Waals surface area contributed by atoms with E-state index >= 15 is 0 Å². The third-order valence-corrected chi connectivity index (χ3v) is 2.88. The van der Waals surface area contributed by atoms with Gasteiger partial charge in [-0.1, -0.05) is 39.8 Å². The Labute approximate surface area is 98.1 Å². The largest absolute Gasteiger partial charge is 0.326 e. The maximum Gasteiger partial charge on any atom is 0.226 e. The Balaban J connectivity index is 2.68. The first kappa shape index (κ1) is 12.8. The van der Waals surface area contributed by atoms with Crippen LogP contribution in [0.5, 0.6) is 0 Å². The van der Waals surface area contributed by atoms with Crippen LogP contribution in [0.4, 0.5) is 5.69 Å². The molecule has 0 saturated carbocycles. The van der Waals surface area contributed by atoms with Crippen LogP contribution in [0.1, 0.15) is 45.6 Å². The van der Waals surface area contributed by atoms with Gasteiger partial charge in [-0.3, -0.25) is 4.79 Å². The minimum absolute atomic E-state index is 0.0224. The van der Waals surface area contributed by atoms with Gasteiger partial charge in [0.15, 0.2) is 0 Å². The van der Waals surface area contributed by atoms with E-state index in [0.29, 0.717) is 5.92 Å². The van der Waals surface area contributed by atoms with Crippen LogP contribution < -0.4 is 5.32 Å². The molecule has 0 radical (unpaired) electrons. The van der Waals surface area contributed by atoms with Gasteiger partial charge in [-0.15, -0.1) is 0 Å². The highest BCUT2D eigenvalue weighted by molar-refractivity contribution is 5.92. The van der Waals surface area contributed by atoms with Gasteiger partial charge in [0.25, 0.3) is 0 Å². The van der Waals surface area contributed by atoms with E-state index in [4.69, 9.17) is 0 Å². The minimum Gasteiger partial charge on any atom is -0.326 e. The molecule has 2 nitrogen and oxygen atoms in total. The average Bonchev–Trinajstić information content (AvgIpc) is 2.28. The molecule has 0 fully saturated rings. The van der Waals surface area contributed by atoms with Gasteiger partial charge in [0.2, 0.25) is 5.91 Å². The summed E-state index contributed by atoms with van der Waals surface area (Å²) in [6.45, 7) is 8.17. The van der Waals surface area contributed by atoms with Crippen LogP contribution in [0.15, 0.2) is 24.3 Å². The van der Waals surface area contributed by atoms with Crippen LogP contribution in [-0.2, 0) is 4.79 Å². The molecular weight excluding hydrogens is 198 g/mol. The van der Waals surface area contributed by atoms with Crippen molar-refractivity contribution in [3.8, 4) is 0 Å². The van der Waals surface area contributed by atoms with E-state index in [0.717, 1.165) is 12.1 Å². The van der Waals surface area contributed by atoms with Crippen LogP contribution >= 0.6 is 0 Å². The lowest BCUT2D eigenvalue weighted by Gasteiger charge is -2.11. The molecule has 0 heterocycles. The number of amides is 1. The molecule has 0 bridgehead atoms. The van der Waals surface area contributed by atoms with Gasteiger partial charge in [0.05, 0.1) is 0 Å². The zero-order chi connectivity index (χ0) is 12.1. The van der Waals surface area contributed by atoms with Crippen molar-refractivity contribution in [1.29, 1.82) is 0 Å². The number of rotatable bonds is 4. The molecule has 88 valence electrons. The molecule has 0 unspecified atom stereocenters. The van der Waals surface area contributed by atoms with E-state index in [1.54, 1.807) is 0 Å². The highest BCUT2D eigenvalue weighted by atomic mass is 16.1. The van der Waals surface area contributed by atoms with Crippen molar-refractivity contribution in [1.82, 2.24) is 0 Å². The molecule has 1 amide bonds. The molecule has 1 N–H and O–H groups in total. The SMILES string of the molecule is CC[C@H](C)c1ccc(NC(=O)C(C)C)cc1. The normalized spacial score (nSPS) is 12.6. The molecule has 0 aliphatic carbocycles. The summed E-state index contributed by atoms with van der Waals surface area (Å²) in [6.07, 6.45) is 1.14. The number of carbonyl (C=O) groups is 1. The van der Waals surface area contributed by atoms with Crippen molar-refractivity contribution in [2.75, 3.05) is 5.32 Å². The third-order valence-electron chi connectivity index (χ3n) is 2.88. The predicted octanol–water partition coefficient (Wildman–Crippen LogP) is 3.79. The highest BCUT2D eigenvalue weighted by Crippen LogP contribution is 2.20. The Morgan fingerprint density at radius 2 is 1.75 bits per heavy atom. The Hall–Kier alpha value is -1.31. The first-order valence-corrected chi connectivity index (χ1v) is 5.95. The van der Waals surface area contributed by atoms with E-state index < -0.39 is 0 Å². The fraction of sp³-hybridized carbons (Fsp3) is 0.500. The zero-order valence-electron chi connectivity index (χ0n) is 10.6. The summed E-state index contributed by atoms with van der Waals surface area (Å²) in [4.78, 5) is 11.5. The van der Waals surface area contributed by atoms with Gasteiger partial charge in [0, 0.05) is 11.6 Å². The number of anilines is 1. The molecule has 0 aliphatic rings. The second-order valence-electron chi connectivity index (χ2n) is 4.58. The fourth-order valence-electron chi connectivity index (χ4n) is 1.42. The van der Waals surface area contributed by atoms with Crippen LogP contribution in [0.2, 0.25) is 0 Å². The lowest BCUT2D eigenvalue weighted by atomic mass is 9.98. The number of nitrogens with one attached hydrogen (secondary N) is 1. The van der Waals surface area contributed by atoms with Crippen molar-refractivity contribution >= 4 is 11.6 Å². The van der Waals surface area contributed by atoms with Crippen LogP contribution in [-0.4, -0.2) is 5.91 Å². The summed E-state index contributed by atoms with van der Waals surface area (Å²) in [5.74, 6) is 0.667. The molecule has 0 saturated heterocycles. The van der Waals surface area contributed by atoms with Crippen LogP contribution in [0.3, 0.4) is 0 Å². The summed E-state index contributed by atoms with van der Waals surface area (Å²) in [6, 6.07) is 8.12. The zero-order valence-corrected chi connectivity index (χ0v) is 10.6. The maximum atomic E-state index is 11.5. The Morgan fingerprint density at radius 3 is 2.19 bits per heavy atom. The van der Waals surface area contributed by atoms with Crippen molar-refractivity contribution in [2.45, 2.75) is 40.0 Å². The maximum absolute atomic E-state index is 11.5. The van der Waals surface area contributed by atoms with Crippen molar-refractivity contribution in [3.63, 3.8) is 0 Å². The Morgan fingerprint density at radius 1 is 1.19 bits per heavy atom. The molecular formula is C14H21NO. The standard InChI is InChI=1S/C14H21NO/c1-5-11(4)12-6-8-13(9-7-12)15-14(16)10(2)3/h6-11H,5H2,1-4H3,(H,15,16)/t11-/m0/s1. The van der Waals surface area contributed by atoms with Crippen molar-refractivity contribution < 1.29 is 4.79 Å². The quantitative estimate of drug-likeness (QED) is 0.820. The number of hydrogen-bond donors (Lipinski definition) is 1. The van der Waals surface area contributed by atoms with E-state index in [1.165, 1.54) is 5.56 Å². The number of benzene rings is 1. The first-order chi connectivity index (χ1) is 7.54. The highest BCUT2D eigenvalue weighted by Gasteiger charge is 2.07. The molecule has 16 heavy (non-hydrogen) atoms. The van der Waals surface area contributed by atoms with Gasteiger partial charge < -0.3 is 5.32 Å². The van der Waals surface area contributed by atoms with Gasteiger partial charge >= 0.3 is 0 Å². The van der Waals surface area contributed by atoms with Gasteiger partial charge in [-0.05, 0) is 30.0 Å². The van der Waals surface area contributed by atoms with Crippen LogP contribution in [0, 0.1) is 5.92 Å². The van der Waals surface area contributed by atoms with Gasteiger partial charge in [-0.25, -0.2) is 0 Å². The van der Waals surface area contributed by atoms with Gasteiger partial charge in [-0.2, -0.15) is 0 Å². The summed E-state index contributed by atoms with van der Waals surface area (Å²) in [5.41, 5.74) is 2.20. The molecule has 1 atom stereocenters. The lowest BCUT2D eigenvalue weighted by Crippen LogP contribution is -2.17. The number of carbonyl (C=O) groups excluding carboxylic acids is 1. The summed E-state index contributed by atoms with van der Waals surface area (Å²) < 4.78 is 0. The van der Waals surface area contributed by atoms with Crippen molar-refractivity contribution in [3.05, 3.63) is 29.8 Å². The summed E-state index contributed by atoms with van der Waals surface area (Å²) >= 11 is 0. The van der Waals surface area contributed by atoms with Crippen LogP contribution in [0.25, 0.3) is 0 Å². The topological polar surface area (TPSA) is 29.1 Å². The molecule has 1 aromatic carbocycles. The number of hydrogen-bond acceptors (Lipinski definition) is 1. The first-order valence-electron chi connectivity index (χ1n) is 5.95. The molecule has 1 rings (SSSR count). The van der Waals surface area contributed by atoms with E-state index in [1.807, 2.05) is 26.0 Å².